The lowest BCUT2D eigenvalue weighted by Gasteiger charge is -2.27. The third-order valence-corrected chi connectivity index (χ3v) is 5.84. The molecular weight excluding hydrogens is 306 g/mol. The zero-order chi connectivity index (χ0) is 17.0. The summed E-state index contributed by atoms with van der Waals surface area (Å²) < 4.78 is 6.46. The van der Waals surface area contributed by atoms with Crippen molar-refractivity contribution in [2.45, 2.75) is 26.7 Å². The molecule has 2 heteroatoms. The first-order valence-corrected chi connectivity index (χ1v) is 9.10. The minimum Gasteiger partial charge on any atom is -0.453 e. The Bertz CT molecular complexity index is 1080. The van der Waals surface area contributed by atoms with E-state index in [9.17, 15) is 0 Å². The summed E-state index contributed by atoms with van der Waals surface area (Å²) in [5.74, 6) is 1.42. The van der Waals surface area contributed by atoms with Crippen molar-refractivity contribution in [2.75, 3.05) is 0 Å². The van der Waals surface area contributed by atoms with Crippen molar-refractivity contribution in [2.24, 2.45) is 11.8 Å². The van der Waals surface area contributed by atoms with Gasteiger partial charge in [0.05, 0.1) is 0 Å². The smallest absolute Gasteiger partial charge is 0.161 e. The van der Waals surface area contributed by atoms with Gasteiger partial charge in [0.2, 0.25) is 0 Å². The van der Waals surface area contributed by atoms with Gasteiger partial charge in [-0.15, -0.1) is 0 Å². The van der Waals surface area contributed by atoms with E-state index < -0.39 is 0 Å². The average Bonchev–Trinajstić information content (AvgIpc) is 3.03. The molecule has 1 aliphatic rings. The Labute approximate surface area is 147 Å². The molecule has 25 heavy (non-hydrogen) atoms. The molecule has 2 aromatic heterocycles. The van der Waals surface area contributed by atoms with Crippen LogP contribution in [0.15, 0.2) is 59.1 Å². The van der Waals surface area contributed by atoms with Gasteiger partial charge in [-0.2, -0.15) is 0 Å². The van der Waals surface area contributed by atoms with Crippen molar-refractivity contribution in [3.05, 3.63) is 65.9 Å². The molecule has 2 nitrogen and oxygen atoms in total. The van der Waals surface area contributed by atoms with Gasteiger partial charge in [-0.1, -0.05) is 56.3 Å². The number of furan rings is 1. The molecule has 0 radical (unpaired) electrons. The highest BCUT2D eigenvalue weighted by molar-refractivity contribution is 6.09. The minimum absolute atomic E-state index is 0.693. The fourth-order valence-electron chi connectivity index (χ4n) is 4.15. The maximum atomic E-state index is 6.46. The summed E-state index contributed by atoms with van der Waals surface area (Å²) in [6.07, 6.45) is 4.14. The first-order chi connectivity index (χ1) is 12.2. The Hall–Kier alpha value is -2.61. The van der Waals surface area contributed by atoms with Crippen LogP contribution in [0.4, 0.5) is 0 Å². The molecule has 0 fully saturated rings. The number of fused-ring (bicyclic) bond motifs is 5. The van der Waals surface area contributed by atoms with E-state index in [1.54, 1.807) is 0 Å². The zero-order valence-electron chi connectivity index (χ0n) is 14.6. The number of pyridine rings is 1. The molecule has 5 rings (SSSR count). The molecule has 0 saturated heterocycles. The molecule has 0 spiro atoms. The fourth-order valence-corrected chi connectivity index (χ4v) is 4.15. The van der Waals surface area contributed by atoms with Crippen LogP contribution in [0.5, 0.6) is 0 Å². The van der Waals surface area contributed by atoms with Gasteiger partial charge in [0.25, 0.3) is 0 Å². The average molecular weight is 327 g/mol. The maximum Gasteiger partial charge on any atom is 0.161 e. The SMILES string of the molecule is CC1Cc2ccc3c(oc4c(-c5ccccc5)nccc43)c2CC1C. The van der Waals surface area contributed by atoms with Gasteiger partial charge in [-0.05, 0) is 41.9 Å². The quantitative estimate of drug-likeness (QED) is 0.427. The standard InChI is InChI=1S/C23H21NO/c1-14-12-17-8-9-18-19-10-11-24-21(16-6-4-3-5-7-16)23(19)25-22(18)20(17)13-15(14)2/h3-11,14-15H,12-13H2,1-2H3. The molecule has 0 bridgehead atoms. The van der Waals surface area contributed by atoms with Crippen LogP contribution in [0.2, 0.25) is 0 Å². The van der Waals surface area contributed by atoms with Gasteiger partial charge in [0.1, 0.15) is 11.3 Å². The lowest BCUT2D eigenvalue weighted by Crippen LogP contribution is -2.20. The normalized spacial score (nSPS) is 20.1. The second-order valence-electron chi connectivity index (χ2n) is 7.45. The highest BCUT2D eigenvalue weighted by Gasteiger charge is 2.26. The lowest BCUT2D eigenvalue weighted by atomic mass is 9.77. The molecule has 2 aromatic carbocycles. The van der Waals surface area contributed by atoms with E-state index in [4.69, 9.17) is 4.42 Å². The number of hydrogen-bond donors (Lipinski definition) is 0. The molecule has 0 amide bonds. The third-order valence-electron chi connectivity index (χ3n) is 5.84. The molecule has 2 unspecified atom stereocenters. The van der Waals surface area contributed by atoms with Crippen molar-refractivity contribution in [3.63, 3.8) is 0 Å². The van der Waals surface area contributed by atoms with Crippen LogP contribution in [-0.4, -0.2) is 4.98 Å². The Morgan fingerprint density at radius 1 is 0.840 bits per heavy atom. The Balaban J connectivity index is 1.81. The summed E-state index contributed by atoms with van der Waals surface area (Å²) in [5.41, 5.74) is 6.85. The predicted octanol–water partition coefficient (Wildman–Crippen LogP) is 6.02. The van der Waals surface area contributed by atoms with Gasteiger partial charge in [0, 0.05) is 22.5 Å². The maximum absolute atomic E-state index is 6.46. The van der Waals surface area contributed by atoms with Crippen LogP contribution >= 0.6 is 0 Å². The summed E-state index contributed by atoms with van der Waals surface area (Å²) >= 11 is 0. The first kappa shape index (κ1) is 14.7. The van der Waals surface area contributed by atoms with Crippen LogP contribution in [0.3, 0.4) is 0 Å². The van der Waals surface area contributed by atoms with Gasteiger partial charge < -0.3 is 4.42 Å². The molecule has 124 valence electrons. The first-order valence-electron chi connectivity index (χ1n) is 9.10. The number of nitrogens with zero attached hydrogens (tertiary/aromatic N) is 1. The summed E-state index contributed by atoms with van der Waals surface area (Å²) in [6, 6.07) is 16.9. The van der Waals surface area contributed by atoms with E-state index in [0.717, 1.165) is 46.6 Å². The van der Waals surface area contributed by atoms with E-state index >= 15 is 0 Å². The number of rotatable bonds is 1. The Morgan fingerprint density at radius 3 is 2.44 bits per heavy atom. The highest BCUT2D eigenvalue weighted by atomic mass is 16.3. The lowest BCUT2D eigenvalue weighted by molar-refractivity contribution is 0.361. The van der Waals surface area contributed by atoms with Crippen LogP contribution in [0, 0.1) is 11.8 Å². The largest absolute Gasteiger partial charge is 0.453 e. The molecular formula is C23H21NO. The molecule has 0 aliphatic heterocycles. The van der Waals surface area contributed by atoms with E-state index in [2.05, 4.69) is 49.2 Å². The van der Waals surface area contributed by atoms with E-state index in [1.807, 2.05) is 24.4 Å². The summed E-state index contributed by atoms with van der Waals surface area (Å²) in [5, 5.41) is 2.38. The van der Waals surface area contributed by atoms with Gasteiger partial charge in [0.15, 0.2) is 5.58 Å². The predicted molar refractivity (Wildman–Crippen MR) is 103 cm³/mol. The molecule has 2 atom stereocenters. The second-order valence-corrected chi connectivity index (χ2v) is 7.45. The Morgan fingerprint density at radius 2 is 1.60 bits per heavy atom. The Kier molecular flexibility index (Phi) is 3.21. The number of benzene rings is 2. The van der Waals surface area contributed by atoms with Crippen molar-refractivity contribution >= 4 is 21.9 Å². The number of aromatic nitrogens is 1. The second kappa shape index (κ2) is 5.45. The van der Waals surface area contributed by atoms with Crippen LogP contribution in [0.25, 0.3) is 33.2 Å². The zero-order valence-corrected chi connectivity index (χ0v) is 14.6. The fraction of sp³-hybridized carbons (Fsp3) is 0.261. The molecule has 1 aliphatic carbocycles. The van der Waals surface area contributed by atoms with Crippen molar-refractivity contribution in [1.82, 2.24) is 4.98 Å². The topological polar surface area (TPSA) is 26.0 Å². The summed E-state index contributed by atoms with van der Waals surface area (Å²) in [4.78, 5) is 4.62. The van der Waals surface area contributed by atoms with E-state index in [1.165, 1.54) is 16.5 Å². The molecule has 0 saturated carbocycles. The van der Waals surface area contributed by atoms with Crippen LogP contribution < -0.4 is 0 Å². The summed E-state index contributed by atoms with van der Waals surface area (Å²) in [7, 11) is 0. The van der Waals surface area contributed by atoms with Gasteiger partial charge in [-0.25, -0.2) is 0 Å². The molecule has 0 N–H and O–H groups in total. The van der Waals surface area contributed by atoms with E-state index in [0.29, 0.717) is 5.92 Å². The van der Waals surface area contributed by atoms with Crippen molar-refractivity contribution in [3.8, 4) is 11.3 Å². The van der Waals surface area contributed by atoms with Gasteiger partial charge in [-0.3, -0.25) is 4.98 Å². The third kappa shape index (κ3) is 2.21. The molecule has 4 aromatic rings. The van der Waals surface area contributed by atoms with Crippen molar-refractivity contribution in [1.29, 1.82) is 0 Å². The highest BCUT2D eigenvalue weighted by Crippen LogP contribution is 2.40. The number of hydrogen-bond acceptors (Lipinski definition) is 2. The van der Waals surface area contributed by atoms with Gasteiger partial charge >= 0.3 is 0 Å². The molecule has 2 heterocycles. The van der Waals surface area contributed by atoms with Crippen LogP contribution in [0.1, 0.15) is 25.0 Å². The van der Waals surface area contributed by atoms with Crippen molar-refractivity contribution < 1.29 is 4.42 Å². The minimum atomic E-state index is 0.693. The monoisotopic (exact) mass is 327 g/mol. The van der Waals surface area contributed by atoms with Crippen LogP contribution in [-0.2, 0) is 12.8 Å². The van der Waals surface area contributed by atoms with E-state index in [-0.39, 0.29) is 0 Å². The summed E-state index contributed by atoms with van der Waals surface area (Å²) in [6.45, 7) is 4.71.